The minimum atomic E-state index is -0.0748. The first-order valence-electron chi connectivity index (χ1n) is 8.76. The molecule has 0 saturated carbocycles. The minimum absolute atomic E-state index is 0.0748. The molecule has 138 valence electrons. The Kier molecular flexibility index (Phi) is 6.39. The van der Waals surface area contributed by atoms with E-state index in [0.717, 1.165) is 31.6 Å². The maximum atomic E-state index is 12.4. The van der Waals surface area contributed by atoms with Crippen molar-refractivity contribution in [3.63, 3.8) is 0 Å². The number of carbonyl (C=O) groups is 1. The van der Waals surface area contributed by atoms with Gasteiger partial charge in [-0.05, 0) is 31.0 Å². The molecule has 0 bridgehead atoms. The molecule has 2 aliphatic heterocycles. The lowest BCUT2D eigenvalue weighted by atomic mass is 9.96. The van der Waals surface area contributed by atoms with E-state index >= 15 is 0 Å². The second kappa shape index (κ2) is 8.74. The summed E-state index contributed by atoms with van der Waals surface area (Å²) in [5.41, 5.74) is 0.803. The van der Waals surface area contributed by atoms with E-state index < -0.39 is 0 Å². The van der Waals surface area contributed by atoms with Gasteiger partial charge in [-0.3, -0.25) is 4.79 Å². The lowest BCUT2D eigenvalue weighted by molar-refractivity contribution is -0.136. The van der Waals surface area contributed by atoms with Crippen molar-refractivity contribution in [2.75, 3.05) is 45.3 Å². The van der Waals surface area contributed by atoms with Crippen molar-refractivity contribution in [2.24, 2.45) is 5.92 Å². The zero-order valence-electron chi connectivity index (χ0n) is 14.5. The van der Waals surface area contributed by atoms with Crippen LogP contribution in [0.2, 0.25) is 5.02 Å². The fourth-order valence-corrected chi connectivity index (χ4v) is 3.52. The van der Waals surface area contributed by atoms with Gasteiger partial charge in [0, 0.05) is 37.0 Å². The maximum Gasteiger partial charge on any atom is 0.224 e. The number of likely N-dealkylation sites (tertiary alicyclic amines) is 1. The number of rotatable bonds is 6. The van der Waals surface area contributed by atoms with Crippen LogP contribution in [0.25, 0.3) is 0 Å². The van der Waals surface area contributed by atoms with Gasteiger partial charge >= 0.3 is 0 Å². The number of carbonyl (C=O) groups excluding carboxylic acids is 1. The van der Waals surface area contributed by atoms with Gasteiger partial charge in [0.1, 0.15) is 5.75 Å². The summed E-state index contributed by atoms with van der Waals surface area (Å²) in [7, 11) is 1.61. The molecule has 0 aromatic heterocycles. The number of halogens is 1. The molecule has 1 N–H and O–H groups in total. The highest BCUT2D eigenvalue weighted by molar-refractivity contribution is 6.30. The number of anilines is 1. The molecule has 1 aromatic carbocycles. The van der Waals surface area contributed by atoms with Crippen LogP contribution in [0.1, 0.15) is 19.3 Å². The average Bonchev–Trinajstić information content (AvgIpc) is 3.17. The topological polar surface area (TPSA) is 60.0 Å². The number of benzene rings is 1. The number of hydrogen-bond donors (Lipinski definition) is 1. The molecule has 0 radical (unpaired) electrons. The fraction of sp³-hybridized carbons (Fsp3) is 0.611. The van der Waals surface area contributed by atoms with Gasteiger partial charge in [0.15, 0.2) is 6.29 Å². The van der Waals surface area contributed by atoms with Crippen LogP contribution in [0.3, 0.4) is 0 Å². The summed E-state index contributed by atoms with van der Waals surface area (Å²) in [4.78, 5) is 14.3. The van der Waals surface area contributed by atoms with Crippen LogP contribution in [0.5, 0.6) is 5.75 Å². The van der Waals surface area contributed by atoms with Gasteiger partial charge in [0.05, 0.1) is 26.0 Å². The zero-order chi connectivity index (χ0) is 17.6. The molecule has 1 aromatic rings. The third kappa shape index (κ3) is 4.77. The first-order valence-corrected chi connectivity index (χ1v) is 9.13. The monoisotopic (exact) mass is 368 g/mol. The van der Waals surface area contributed by atoms with Crippen LogP contribution in [-0.2, 0) is 14.3 Å². The van der Waals surface area contributed by atoms with Crippen molar-refractivity contribution < 1.29 is 19.0 Å². The normalized spacial score (nSPS) is 19.2. The number of hydrogen-bond acceptors (Lipinski definition) is 5. The predicted octanol–water partition coefficient (Wildman–Crippen LogP) is 2.76. The Morgan fingerprint density at radius 1 is 1.32 bits per heavy atom. The van der Waals surface area contributed by atoms with Gasteiger partial charge in [-0.1, -0.05) is 11.6 Å². The van der Waals surface area contributed by atoms with E-state index in [1.165, 1.54) is 0 Å². The molecule has 2 aliphatic rings. The molecule has 0 atom stereocenters. The smallest absolute Gasteiger partial charge is 0.224 e. The van der Waals surface area contributed by atoms with E-state index in [2.05, 4.69) is 5.32 Å². The molecule has 0 spiro atoms. The number of piperidine rings is 1. The number of methoxy groups -OCH3 is 1. The van der Waals surface area contributed by atoms with Crippen LogP contribution in [0, 0.1) is 5.92 Å². The number of nitrogens with one attached hydrogen (secondary N) is 1. The molecule has 2 heterocycles. The Bertz CT molecular complexity index is 584. The summed E-state index contributed by atoms with van der Waals surface area (Å²) >= 11 is 6.01. The molecule has 0 unspecified atom stereocenters. The first-order chi connectivity index (χ1) is 12.2. The Labute approximate surface area is 153 Å². The van der Waals surface area contributed by atoms with E-state index in [4.69, 9.17) is 25.8 Å². The highest BCUT2D eigenvalue weighted by atomic mass is 35.5. The van der Waals surface area contributed by atoms with Gasteiger partial charge in [0.2, 0.25) is 5.91 Å². The van der Waals surface area contributed by atoms with Crippen molar-refractivity contribution in [3.8, 4) is 5.75 Å². The summed E-state index contributed by atoms with van der Waals surface area (Å²) in [5.74, 6) is 1.29. The maximum absolute atomic E-state index is 12.4. The van der Waals surface area contributed by atoms with Gasteiger partial charge in [-0.15, -0.1) is 0 Å². The zero-order valence-corrected chi connectivity index (χ0v) is 15.3. The van der Waals surface area contributed by atoms with E-state index in [0.29, 0.717) is 42.9 Å². The van der Waals surface area contributed by atoms with Gasteiger partial charge in [-0.2, -0.15) is 0 Å². The Morgan fingerprint density at radius 3 is 2.72 bits per heavy atom. The molecule has 2 saturated heterocycles. The summed E-state index contributed by atoms with van der Waals surface area (Å²) in [5, 5.41) is 3.86. The standard InChI is InChI=1S/C18H25ClN2O4/c1-23-16-3-2-14(19)12-15(16)20-7-4-17(22)21-8-5-13(6-9-21)18-24-10-11-25-18/h2-3,12-13,18,20H,4-11H2,1H3. The van der Waals surface area contributed by atoms with Crippen LogP contribution in [-0.4, -0.2) is 57.1 Å². The van der Waals surface area contributed by atoms with Crippen molar-refractivity contribution in [1.82, 2.24) is 4.90 Å². The third-order valence-corrected chi connectivity index (χ3v) is 4.98. The quantitative estimate of drug-likeness (QED) is 0.836. The predicted molar refractivity (Wildman–Crippen MR) is 96.1 cm³/mol. The lowest BCUT2D eigenvalue weighted by Gasteiger charge is -2.34. The SMILES string of the molecule is COc1ccc(Cl)cc1NCCC(=O)N1CCC(C2OCCO2)CC1. The second-order valence-electron chi connectivity index (χ2n) is 6.35. The van der Waals surface area contributed by atoms with E-state index in [9.17, 15) is 4.79 Å². The summed E-state index contributed by atoms with van der Waals surface area (Å²) < 4.78 is 16.4. The Hall–Kier alpha value is -1.50. The van der Waals surface area contributed by atoms with Crippen molar-refractivity contribution in [3.05, 3.63) is 23.2 Å². The molecule has 2 fully saturated rings. The largest absolute Gasteiger partial charge is 0.495 e. The molecular formula is C18H25ClN2O4. The summed E-state index contributed by atoms with van der Waals surface area (Å²) in [6, 6.07) is 5.39. The number of amides is 1. The summed E-state index contributed by atoms with van der Waals surface area (Å²) in [6.45, 7) is 3.45. The first kappa shape index (κ1) is 18.3. The van der Waals surface area contributed by atoms with Crippen LogP contribution in [0.15, 0.2) is 18.2 Å². The molecule has 1 amide bonds. The van der Waals surface area contributed by atoms with Crippen LogP contribution >= 0.6 is 11.6 Å². The molecule has 3 rings (SSSR count). The highest BCUT2D eigenvalue weighted by Crippen LogP contribution is 2.28. The van der Waals surface area contributed by atoms with E-state index in [-0.39, 0.29) is 12.2 Å². The molecule has 7 heteroatoms. The molecule has 25 heavy (non-hydrogen) atoms. The fourth-order valence-electron chi connectivity index (χ4n) is 3.35. The number of ether oxygens (including phenoxy) is 3. The Balaban J connectivity index is 1.42. The molecule has 6 nitrogen and oxygen atoms in total. The second-order valence-corrected chi connectivity index (χ2v) is 6.79. The molecule has 0 aliphatic carbocycles. The van der Waals surface area contributed by atoms with Crippen LogP contribution in [0.4, 0.5) is 5.69 Å². The average molecular weight is 369 g/mol. The van der Waals surface area contributed by atoms with E-state index in [1.807, 2.05) is 11.0 Å². The van der Waals surface area contributed by atoms with Gasteiger partial charge in [0.25, 0.3) is 0 Å². The third-order valence-electron chi connectivity index (χ3n) is 4.74. The van der Waals surface area contributed by atoms with Crippen molar-refractivity contribution in [1.29, 1.82) is 0 Å². The highest BCUT2D eigenvalue weighted by Gasteiger charge is 2.31. The van der Waals surface area contributed by atoms with Gasteiger partial charge < -0.3 is 24.4 Å². The van der Waals surface area contributed by atoms with Crippen LogP contribution < -0.4 is 10.1 Å². The minimum Gasteiger partial charge on any atom is -0.495 e. The van der Waals surface area contributed by atoms with Crippen molar-refractivity contribution in [2.45, 2.75) is 25.6 Å². The summed E-state index contributed by atoms with van der Waals surface area (Å²) in [6.07, 6.45) is 2.24. The molecular weight excluding hydrogens is 344 g/mol. The van der Waals surface area contributed by atoms with Gasteiger partial charge in [-0.25, -0.2) is 0 Å². The number of nitrogens with zero attached hydrogens (tertiary/aromatic N) is 1. The van der Waals surface area contributed by atoms with E-state index in [1.54, 1.807) is 19.2 Å². The van der Waals surface area contributed by atoms with Crippen molar-refractivity contribution >= 4 is 23.2 Å². The lowest BCUT2D eigenvalue weighted by Crippen LogP contribution is -2.41. The Morgan fingerprint density at radius 2 is 2.04 bits per heavy atom.